The van der Waals surface area contributed by atoms with E-state index in [0.29, 0.717) is 15.9 Å². The van der Waals surface area contributed by atoms with Crippen molar-refractivity contribution in [1.29, 1.82) is 0 Å². The van der Waals surface area contributed by atoms with Crippen LogP contribution >= 0.6 is 11.3 Å². The molecule has 2 aromatic heterocycles. The Morgan fingerprint density at radius 3 is 2.68 bits per heavy atom. The fraction of sp³-hybridized carbons (Fsp3) is 0.240. The standard InChI is InChI=1S/C25H23N3O2S/c1-16(23(29)27-20-9-3-2-4-10-20)28-15-26-24-22(25(28)30)21(14-31-24)19-12-11-17-7-5-6-8-18(17)13-19/h2-4,9-16H,5-8H2,1H3,(H,27,29). The molecule has 31 heavy (non-hydrogen) atoms. The van der Waals surface area contributed by atoms with E-state index in [1.165, 1.54) is 46.2 Å². The van der Waals surface area contributed by atoms with Gasteiger partial charge in [0.1, 0.15) is 10.9 Å². The summed E-state index contributed by atoms with van der Waals surface area (Å²) in [6, 6.07) is 15.1. The molecule has 0 saturated heterocycles. The van der Waals surface area contributed by atoms with Gasteiger partial charge < -0.3 is 5.32 Å². The van der Waals surface area contributed by atoms with Gasteiger partial charge in [-0.1, -0.05) is 36.4 Å². The van der Waals surface area contributed by atoms with Crippen molar-refractivity contribution in [3.8, 4) is 11.1 Å². The van der Waals surface area contributed by atoms with E-state index in [1.54, 1.807) is 6.92 Å². The summed E-state index contributed by atoms with van der Waals surface area (Å²) in [5.74, 6) is -0.250. The van der Waals surface area contributed by atoms with Crippen LogP contribution in [0.15, 0.2) is 65.0 Å². The number of hydrogen-bond donors (Lipinski definition) is 1. The molecule has 5 rings (SSSR count). The summed E-state index contributed by atoms with van der Waals surface area (Å²) >= 11 is 1.47. The van der Waals surface area contributed by atoms with Crippen molar-refractivity contribution in [1.82, 2.24) is 9.55 Å². The Balaban J connectivity index is 1.52. The van der Waals surface area contributed by atoms with Gasteiger partial charge >= 0.3 is 0 Å². The first-order chi connectivity index (χ1) is 15.1. The van der Waals surface area contributed by atoms with Gasteiger partial charge in [-0.2, -0.15) is 0 Å². The number of anilines is 1. The van der Waals surface area contributed by atoms with Crippen LogP contribution in [0.25, 0.3) is 21.3 Å². The second-order valence-corrected chi connectivity index (χ2v) is 8.87. The molecule has 5 nitrogen and oxygen atoms in total. The summed E-state index contributed by atoms with van der Waals surface area (Å²) in [4.78, 5) is 31.4. The van der Waals surface area contributed by atoms with Gasteiger partial charge in [-0.25, -0.2) is 4.98 Å². The third-order valence-corrected chi connectivity index (χ3v) is 6.90. The molecule has 1 aliphatic rings. The zero-order valence-electron chi connectivity index (χ0n) is 17.3. The van der Waals surface area contributed by atoms with E-state index in [9.17, 15) is 9.59 Å². The van der Waals surface area contributed by atoms with Gasteiger partial charge in [0.05, 0.1) is 11.7 Å². The Morgan fingerprint density at radius 1 is 1.10 bits per heavy atom. The van der Waals surface area contributed by atoms with Gasteiger partial charge in [-0.15, -0.1) is 11.3 Å². The van der Waals surface area contributed by atoms with E-state index in [4.69, 9.17) is 0 Å². The molecule has 0 radical (unpaired) electrons. The molecule has 0 saturated carbocycles. The minimum absolute atomic E-state index is 0.185. The van der Waals surface area contributed by atoms with Crippen molar-refractivity contribution < 1.29 is 4.79 Å². The highest BCUT2D eigenvalue weighted by atomic mass is 32.1. The lowest BCUT2D eigenvalue weighted by Gasteiger charge is -2.17. The molecule has 156 valence electrons. The number of nitrogens with one attached hydrogen (secondary N) is 1. The molecule has 0 aliphatic heterocycles. The first-order valence-electron chi connectivity index (χ1n) is 10.6. The van der Waals surface area contributed by atoms with Gasteiger partial charge in [0.15, 0.2) is 0 Å². The second-order valence-electron chi connectivity index (χ2n) is 8.01. The van der Waals surface area contributed by atoms with Crippen LogP contribution in [-0.2, 0) is 17.6 Å². The van der Waals surface area contributed by atoms with E-state index in [0.717, 1.165) is 24.0 Å². The Bertz CT molecular complexity index is 1320. The lowest BCUT2D eigenvalue weighted by Crippen LogP contribution is -2.31. The number of amides is 1. The van der Waals surface area contributed by atoms with E-state index < -0.39 is 6.04 Å². The minimum Gasteiger partial charge on any atom is -0.324 e. The Labute approximate surface area is 184 Å². The quantitative estimate of drug-likeness (QED) is 0.485. The van der Waals surface area contributed by atoms with Crippen LogP contribution in [-0.4, -0.2) is 15.5 Å². The lowest BCUT2D eigenvalue weighted by atomic mass is 9.89. The third-order valence-electron chi connectivity index (χ3n) is 6.02. The zero-order chi connectivity index (χ0) is 21.4. The first kappa shape index (κ1) is 19.7. The van der Waals surface area contributed by atoms with Gasteiger partial charge in [0.2, 0.25) is 5.91 Å². The van der Waals surface area contributed by atoms with Crippen molar-refractivity contribution in [3.63, 3.8) is 0 Å². The summed E-state index contributed by atoms with van der Waals surface area (Å²) in [7, 11) is 0. The molecule has 2 heterocycles. The van der Waals surface area contributed by atoms with Crippen LogP contribution in [0.5, 0.6) is 0 Å². The van der Waals surface area contributed by atoms with E-state index in [2.05, 4.69) is 28.5 Å². The number of para-hydroxylation sites is 1. The SMILES string of the molecule is CC(C(=O)Nc1ccccc1)n1cnc2scc(-c3ccc4c(c3)CCCC4)c2c1=O. The molecule has 1 N–H and O–H groups in total. The molecule has 1 atom stereocenters. The normalized spacial score (nSPS) is 14.2. The summed E-state index contributed by atoms with van der Waals surface area (Å²) in [5, 5.41) is 5.45. The van der Waals surface area contributed by atoms with Crippen molar-refractivity contribution in [3.05, 3.63) is 81.7 Å². The number of aryl methyl sites for hydroxylation is 2. The summed E-state index contributed by atoms with van der Waals surface area (Å²) in [6.07, 6.45) is 6.15. The van der Waals surface area contributed by atoms with Gasteiger partial charge in [0, 0.05) is 16.6 Å². The number of rotatable bonds is 4. The van der Waals surface area contributed by atoms with Crippen LogP contribution in [0.2, 0.25) is 0 Å². The number of nitrogens with zero attached hydrogens (tertiary/aromatic N) is 2. The fourth-order valence-electron chi connectivity index (χ4n) is 4.23. The predicted molar refractivity (Wildman–Crippen MR) is 126 cm³/mol. The first-order valence-corrected chi connectivity index (χ1v) is 11.5. The third kappa shape index (κ3) is 3.68. The maximum Gasteiger partial charge on any atom is 0.263 e. The molecule has 0 fully saturated rings. The van der Waals surface area contributed by atoms with Crippen molar-refractivity contribution in [2.24, 2.45) is 0 Å². The topological polar surface area (TPSA) is 64.0 Å². The number of carbonyl (C=O) groups excluding carboxylic acids is 1. The van der Waals surface area contributed by atoms with Crippen molar-refractivity contribution in [2.45, 2.75) is 38.6 Å². The van der Waals surface area contributed by atoms with Gasteiger partial charge in [-0.05, 0) is 61.4 Å². The van der Waals surface area contributed by atoms with Crippen LogP contribution in [0.4, 0.5) is 5.69 Å². The summed E-state index contributed by atoms with van der Waals surface area (Å²) < 4.78 is 1.43. The van der Waals surface area contributed by atoms with E-state index >= 15 is 0 Å². The fourth-order valence-corrected chi connectivity index (χ4v) is 5.14. The highest BCUT2D eigenvalue weighted by Gasteiger charge is 2.21. The monoisotopic (exact) mass is 429 g/mol. The van der Waals surface area contributed by atoms with Crippen LogP contribution < -0.4 is 10.9 Å². The van der Waals surface area contributed by atoms with Crippen LogP contribution in [0.1, 0.15) is 36.9 Å². The largest absolute Gasteiger partial charge is 0.324 e. The second kappa shape index (κ2) is 8.12. The number of hydrogen-bond acceptors (Lipinski definition) is 4. The zero-order valence-corrected chi connectivity index (χ0v) is 18.1. The molecule has 2 aromatic carbocycles. The van der Waals surface area contributed by atoms with Crippen LogP contribution in [0.3, 0.4) is 0 Å². The highest BCUT2D eigenvalue weighted by Crippen LogP contribution is 2.33. The molecule has 0 bridgehead atoms. The maximum absolute atomic E-state index is 13.4. The highest BCUT2D eigenvalue weighted by molar-refractivity contribution is 7.17. The molecule has 6 heteroatoms. The van der Waals surface area contributed by atoms with Crippen LogP contribution in [0, 0.1) is 0 Å². The number of carbonyl (C=O) groups is 1. The molecule has 4 aromatic rings. The van der Waals surface area contributed by atoms with Crippen molar-refractivity contribution >= 4 is 33.1 Å². The number of aromatic nitrogens is 2. The predicted octanol–water partition coefficient (Wildman–Crippen LogP) is 5.20. The Morgan fingerprint density at radius 2 is 1.87 bits per heavy atom. The number of fused-ring (bicyclic) bond motifs is 2. The number of benzene rings is 2. The average molecular weight is 430 g/mol. The molecule has 1 unspecified atom stereocenters. The summed E-state index contributed by atoms with van der Waals surface area (Å²) in [6.45, 7) is 1.72. The molecular weight excluding hydrogens is 406 g/mol. The lowest BCUT2D eigenvalue weighted by molar-refractivity contribution is -0.118. The van der Waals surface area contributed by atoms with Gasteiger partial charge in [-0.3, -0.25) is 14.2 Å². The van der Waals surface area contributed by atoms with Crippen molar-refractivity contribution in [2.75, 3.05) is 5.32 Å². The van der Waals surface area contributed by atoms with E-state index in [-0.39, 0.29) is 11.5 Å². The Hall–Kier alpha value is -3.25. The smallest absolute Gasteiger partial charge is 0.263 e. The average Bonchev–Trinajstić information content (AvgIpc) is 3.24. The maximum atomic E-state index is 13.4. The Kier molecular flexibility index (Phi) is 5.16. The van der Waals surface area contributed by atoms with Gasteiger partial charge in [0.25, 0.3) is 5.56 Å². The molecule has 0 spiro atoms. The molecule has 1 amide bonds. The minimum atomic E-state index is -0.680. The molecular formula is C25H23N3O2S. The summed E-state index contributed by atoms with van der Waals surface area (Å²) in [5.41, 5.74) is 5.25. The van der Waals surface area contributed by atoms with E-state index in [1.807, 2.05) is 35.7 Å². The number of thiophene rings is 1. The molecule has 1 aliphatic carbocycles.